The predicted molar refractivity (Wildman–Crippen MR) is 504 cm³/mol. The molecule has 23 rings (SSSR count). The largest absolute Gasteiger partial charge is 0.0616 e. The van der Waals surface area contributed by atoms with Crippen molar-refractivity contribution in [3.8, 4) is 77.9 Å². The van der Waals surface area contributed by atoms with Crippen LogP contribution in [-0.2, 0) is 5.41 Å². The quantitative estimate of drug-likeness (QED) is 0.140. The van der Waals surface area contributed by atoms with E-state index in [9.17, 15) is 0 Å². The van der Waals surface area contributed by atoms with Crippen LogP contribution in [0.4, 0.5) is 0 Å². The molecular weight excluding hydrogens is 1390 g/mol. The Kier molecular flexibility index (Phi) is 17.3. The first-order valence-corrected chi connectivity index (χ1v) is 40.5. The van der Waals surface area contributed by atoms with Crippen LogP contribution in [-0.4, -0.2) is 0 Å². The molecule has 0 aliphatic heterocycles. The molecule has 0 spiro atoms. The van der Waals surface area contributed by atoms with E-state index in [2.05, 4.69) is 451 Å². The van der Waals surface area contributed by atoms with E-state index in [0.717, 1.165) is 0 Å². The smallest absolute Gasteiger partial charge is 0.00201 e. The third-order valence-corrected chi connectivity index (χ3v) is 24.2. The maximum absolute atomic E-state index is 2.44. The topological polar surface area (TPSA) is 0 Å². The molecule has 0 radical (unpaired) electrons. The monoisotopic (exact) mass is 1470 g/mol. The summed E-state index contributed by atoms with van der Waals surface area (Å²) in [5.41, 5.74) is 19.3. The second kappa shape index (κ2) is 28.9. The maximum Gasteiger partial charge on any atom is -0.00201 e. The molecule has 0 heterocycles. The Balaban J connectivity index is 0.000000110. The molecule has 0 saturated carbocycles. The van der Waals surface area contributed by atoms with Crippen LogP contribution in [0.5, 0.6) is 0 Å². The molecule has 0 atom stereocenters. The van der Waals surface area contributed by atoms with Crippen molar-refractivity contribution in [2.45, 2.75) is 26.2 Å². The summed E-state index contributed by atoms with van der Waals surface area (Å²) >= 11 is 0. The molecule has 23 aromatic carbocycles. The molecule has 0 heteroatoms. The molecule has 0 unspecified atom stereocenters. The lowest BCUT2D eigenvalue weighted by Crippen LogP contribution is -2.10. The summed E-state index contributed by atoms with van der Waals surface area (Å²) in [7, 11) is 0. The third kappa shape index (κ3) is 12.4. The number of fused-ring (bicyclic) bond motifs is 13. The fourth-order valence-corrected chi connectivity index (χ4v) is 18.5. The van der Waals surface area contributed by atoms with Gasteiger partial charge in [0.15, 0.2) is 0 Å². The van der Waals surface area contributed by atoms with E-state index in [0.29, 0.717) is 0 Å². The first-order valence-electron chi connectivity index (χ1n) is 40.5. The summed E-state index contributed by atoms with van der Waals surface area (Å²) < 4.78 is 0. The van der Waals surface area contributed by atoms with Crippen LogP contribution in [0.25, 0.3) is 218 Å². The normalized spacial score (nSPS) is 11.8. The van der Waals surface area contributed by atoms with E-state index in [1.807, 2.05) is 0 Å². The van der Waals surface area contributed by atoms with Crippen molar-refractivity contribution >= 4 is 140 Å². The molecule has 0 saturated heterocycles. The SMILES string of the molecule is CC(C)(C)c1ccc2c(-c3ccc4ccccc4c3)c3ccccc3c(-c3ccc4ccccc4c3)c2c1.c1ccc2cc(-c3c4ccccc4c(-c4cccc5ccccc45)c4ccccc34)ccc2c1.c1ccc2cc(-c3ccc4c(-c5ccc6ccccc6c5)c5ccccc5c(-c5ccc6ccccc6c5)c4c3)ccc2c1. The first kappa shape index (κ1) is 69.4. The minimum absolute atomic E-state index is 0.0591. The lowest BCUT2D eigenvalue weighted by atomic mass is 9.81. The Morgan fingerprint density at radius 1 is 0.129 bits per heavy atom. The van der Waals surface area contributed by atoms with Gasteiger partial charge >= 0.3 is 0 Å². The number of rotatable bonds is 7. The number of benzene rings is 23. The summed E-state index contributed by atoms with van der Waals surface area (Å²) in [6.45, 7) is 6.90. The van der Waals surface area contributed by atoms with Gasteiger partial charge in [-0.1, -0.05) is 403 Å². The number of hydrogen-bond acceptors (Lipinski definition) is 0. The molecule has 0 aliphatic rings. The molecule has 0 N–H and O–H groups in total. The minimum Gasteiger partial charge on any atom is -0.0616 e. The number of hydrogen-bond donors (Lipinski definition) is 0. The van der Waals surface area contributed by atoms with Gasteiger partial charge in [0, 0.05) is 0 Å². The van der Waals surface area contributed by atoms with Gasteiger partial charge in [0.1, 0.15) is 0 Å². The molecule has 23 aromatic rings. The van der Waals surface area contributed by atoms with Gasteiger partial charge in [-0.05, 0) is 277 Å². The van der Waals surface area contributed by atoms with E-state index >= 15 is 0 Å². The highest BCUT2D eigenvalue weighted by Crippen LogP contribution is 2.50. The molecule has 0 amide bonds. The molecule has 0 nitrogen and oxygen atoms in total. The van der Waals surface area contributed by atoms with E-state index in [1.165, 1.54) is 223 Å². The van der Waals surface area contributed by atoms with Crippen molar-refractivity contribution in [3.05, 3.63) is 436 Å². The predicted octanol–water partition coefficient (Wildman–Crippen LogP) is 33.0. The maximum atomic E-state index is 2.44. The van der Waals surface area contributed by atoms with Gasteiger partial charge in [-0.25, -0.2) is 0 Å². The lowest BCUT2D eigenvalue weighted by molar-refractivity contribution is 0.591. The summed E-state index contributed by atoms with van der Waals surface area (Å²) in [5.74, 6) is 0. The van der Waals surface area contributed by atoms with Gasteiger partial charge in [0.25, 0.3) is 0 Å². The van der Waals surface area contributed by atoms with Crippen molar-refractivity contribution in [1.29, 1.82) is 0 Å². The van der Waals surface area contributed by atoms with E-state index in [-0.39, 0.29) is 5.41 Å². The van der Waals surface area contributed by atoms with E-state index < -0.39 is 0 Å². The standard InChI is InChI=1S/C44H28.C38H30.C34H22/c1-4-12-32-25-35(20-17-29(32)9-1)36-23-24-41-42(28-36)44(38-22-19-31-11-3-6-14-34(31)27-38)40-16-8-7-15-39(40)43(41)37-21-18-30-10-2-5-13-33(30)26-37;1-38(2,3)31-20-21-34-35(24-31)37(30-19-17-26-11-5-7-13-28(26)23-30)33-15-9-8-14-32(33)36(34)29-18-16-25-10-4-6-12-27(25)22-29;1-2-12-25-22-26(21-20-23(25)10-1)33-29-15-5-7-17-31(29)34(32-18-8-6-16-30(32)33)28-19-9-13-24-11-3-4-14-27(24)28/h1-28H;4-24H,1-3H3;1-22H. The van der Waals surface area contributed by atoms with E-state index in [1.54, 1.807) is 0 Å². The Labute approximate surface area is 675 Å². The Bertz CT molecular complexity index is 7820. The van der Waals surface area contributed by atoms with Crippen molar-refractivity contribution in [1.82, 2.24) is 0 Å². The Morgan fingerprint density at radius 3 is 0.672 bits per heavy atom. The zero-order valence-corrected chi connectivity index (χ0v) is 65.0. The summed E-state index contributed by atoms with van der Waals surface area (Å²) in [6, 6.07) is 158. The van der Waals surface area contributed by atoms with Gasteiger partial charge in [-0.2, -0.15) is 0 Å². The van der Waals surface area contributed by atoms with Gasteiger partial charge in [-0.3, -0.25) is 0 Å². The highest BCUT2D eigenvalue weighted by Gasteiger charge is 2.24. The van der Waals surface area contributed by atoms with Crippen LogP contribution in [0.2, 0.25) is 0 Å². The molecule has 544 valence electrons. The summed E-state index contributed by atoms with van der Waals surface area (Å²) in [6.07, 6.45) is 0. The van der Waals surface area contributed by atoms with Crippen molar-refractivity contribution in [2.24, 2.45) is 0 Å². The fourth-order valence-electron chi connectivity index (χ4n) is 18.5. The highest BCUT2D eigenvalue weighted by molar-refractivity contribution is 6.26. The third-order valence-electron chi connectivity index (χ3n) is 24.2. The van der Waals surface area contributed by atoms with Crippen LogP contribution in [0.1, 0.15) is 26.3 Å². The second-order valence-corrected chi connectivity index (χ2v) is 32.1. The average molecular weight is 1470 g/mol. The zero-order chi connectivity index (χ0) is 77.4. The second-order valence-electron chi connectivity index (χ2n) is 32.1. The summed E-state index contributed by atoms with van der Waals surface area (Å²) in [4.78, 5) is 0. The van der Waals surface area contributed by atoms with Crippen LogP contribution < -0.4 is 0 Å². The fraction of sp³-hybridized carbons (Fsp3) is 0.0345. The highest BCUT2D eigenvalue weighted by atomic mass is 14.3. The molecule has 0 bridgehead atoms. The Morgan fingerprint density at radius 2 is 0.345 bits per heavy atom. The first-order chi connectivity index (χ1) is 57.2. The molecule has 0 aliphatic carbocycles. The van der Waals surface area contributed by atoms with Crippen molar-refractivity contribution < 1.29 is 0 Å². The van der Waals surface area contributed by atoms with Gasteiger partial charge < -0.3 is 0 Å². The van der Waals surface area contributed by atoms with E-state index in [4.69, 9.17) is 0 Å². The van der Waals surface area contributed by atoms with Crippen molar-refractivity contribution in [2.75, 3.05) is 0 Å². The van der Waals surface area contributed by atoms with Gasteiger partial charge in [0.2, 0.25) is 0 Å². The van der Waals surface area contributed by atoms with Crippen LogP contribution in [0.15, 0.2) is 431 Å². The van der Waals surface area contributed by atoms with Crippen LogP contribution >= 0.6 is 0 Å². The van der Waals surface area contributed by atoms with Gasteiger partial charge in [0.05, 0.1) is 0 Å². The molecule has 0 fully saturated rings. The average Bonchev–Trinajstić information content (AvgIpc) is 0.737. The minimum atomic E-state index is 0.0591. The Hall–Kier alpha value is -14.6. The molecule has 116 heavy (non-hydrogen) atoms. The van der Waals surface area contributed by atoms with Crippen LogP contribution in [0.3, 0.4) is 0 Å². The van der Waals surface area contributed by atoms with Crippen molar-refractivity contribution in [3.63, 3.8) is 0 Å². The van der Waals surface area contributed by atoms with Crippen LogP contribution in [0, 0.1) is 0 Å². The molecule has 0 aromatic heterocycles. The zero-order valence-electron chi connectivity index (χ0n) is 65.0. The van der Waals surface area contributed by atoms with Gasteiger partial charge in [-0.15, -0.1) is 0 Å². The lowest BCUT2D eigenvalue weighted by Gasteiger charge is -2.23. The summed E-state index contributed by atoms with van der Waals surface area (Å²) in [5, 5.41) is 33.2. The molecular formula is C116H80.